The molecule has 0 heterocycles. The van der Waals surface area contributed by atoms with Crippen molar-refractivity contribution in [3.05, 3.63) is 24.3 Å². The summed E-state index contributed by atoms with van der Waals surface area (Å²) in [5.74, 6) is -0.940. The van der Waals surface area contributed by atoms with Crippen LogP contribution in [0, 0.1) is 11.8 Å². The lowest BCUT2D eigenvalue weighted by Gasteiger charge is -2.19. The summed E-state index contributed by atoms with van der Waals surface area (Å²) in [6.07, 6.45) is 10.2. The molecule has 5 nitrogen and oxygen atoms in total. The van der Waals surface area contributed by atoms with Crippen LogP contribution in [0.15, 0.2) is 24.3 Å². The molecule has 0 aromatic heterocycles. The van der Waals surface area contributed by atoms with Crippen molar-refractivity contribution in [3.63, 3.8) is 0 Å². The molecule has 5 heteroatoms. The van der Waals surface area contributed by atoms with Gasteiger partial charge in [0.15, 0.2) is 0 Å². The van der Waals surface area contributed by atoms with Gasteiger partial charge in [0.05, 0.1) is 18.3 Å². The van der Waals surface area contributed by atoms with E-state index in [1.54, 1.807) is 6.08 Å². The monoisotopic (exact) mass is 326 g/mol. The molecule has 132 valence electrons. The van der Waals surface area contributed by atoms with Crippen molar-refractivity contribution >= 4 is 5.97 Å². The van der Waals surface area contributed by atoms with Gasteiger partial charge in [0.25, 0.3) is 0 Å². The van der Waals surface area contributed by atoms with E-state index in [1.807, 2.05) is 25.2 Å². The maximum atomic E-state index is 10.4. The molecule has 1 rings (SSSR count). The molecule has 1 fully saturated rings. The van der Waals surface area contributed by atoms with Gasteiger partial charge in [-0.15, -0.1) is 0 Å². The summed E-state index contributed by atoms with van der Waals surface area (Å²) < 4.78 is 0. The highest BCUT2D eigenvalue weighted by Gasteiger charge is 2.39. The van der Waals surface area contributed by atoms with Crippen LogP contribution in [-0.4, -0.2) is 44.7 Å². The van der Waals surface area contributed by atoms with Crippen LogP contribution < -0.4 is 0 Å². The lowest BCUT2D eigenvalue weighted by molar-refractivity contribution is -0.137. The van der Waals surface area contributed by atoms with E-state index in [9.17, 15) is 20.1 Å². The summed E-state index contributed by atoms with van der Waals surface area (Å²) in [4.78, 5) is 10.4. The molecule has 1 aliphatic carbocycles. The third-order valence-electron chi connectivity index (χ3n) is 4.48. The Morgan fingerprint density at radius 1 is 1.22 bits per heavy atom. The van der Waals surface area contributed by atoms with Crippen molar-refractivity contribution in [2.24, 2.45) is 11.8 Å². The van der Waals surface area contributed by atoms with Gasteiger partial charge in [0.1, 0.15) is 0 Å². The highest BCUT2D eigenvalue weighted by atomic mass is 16.4. The zero-order valence-corrected chi connectivity index (χ0v) is 13.8. The van der Waals surface area contributed by atoms with E-state index < -0.39 is 24.3 Å². The van der Waals surface area contributed by atoms with Crippen LogP contribution in [0.5, 0.6) is 0 Å². The normalized spacial score (nSPS) is 29.6. The molecule has 1 aliphatic rings. The van der Waals surface area contributed by atoms with Gasteiger partial charge in [-0.2, -0.15) is 0 Å². The Bertz CT molecular complexity index is 404. The third-order valence-corrected chi connectivity index (χ3v) is 4.48. The molecule has 0 spiro atoms. The minimum absolute atomic E-state index is 0.0411. The van der Waals surface area contributed by atoms with Crippen molar-refractivity contribution in [1.82, 2.24) is 0 Å². The van der Waals surface area contributed by atoms with E-state index in [0.29, 0.717) is 25.7 Å². The topological polar surface area (TPSA) is 98.0 Å². The second-order valence-electron chi connectivity index (χ2n) is 6.32. The van der Waals surface area contributed by atoms with E-state index in [2.05, 4.69) is 0 Å². The molecule has 0 amide bonds. The summed E-state index contributed by atoms with van der Waals surface area (Å²) in [6, 6.07) is 0. The molecule has 4 N–H and O–H groups in total. The number of carboxylic acid groups (broad SMARTS) is 1. The molecule has 0 unspecified atom stereocenters. The van der Waals surface area contributed by atoms with Gasteiger partial charge in [0, 0.05) is 18.8 Å². The lowest BCUT2D eigenvalue weighted by atomic mass is 9.89. The van der Waals surface area contributed by atoms with Gasteiger partial charge in [-0.3, -0.25) is 4.79 Å². The standard InChI is InChI=1S/C18H30O5/c1-2-13(19)10-11-15-14(16(20)12-17(15)21)8-6-4-3-5-7-9-18(22)23/h4,6,10-11,13-17,19-21H,2-3,5,7-9,12H2,1H3,(H,22,23)/b6-4-,11-10+/t13-,14+,15-,16-,17+/m1/s1. The number of aliphatic carboxylic acids is 1. The Balaban J connectivity index is 2.42. The van der Waals surface area contributed by atoms with Crippen molar-refractivity contribution in [1.29, 1.82) is 0 Å². The number of allylic oxidation sites excluding steroid dienone is 2. The molecule has 0 bridgehead atoms. The Labute approximate surface area is 138 Å². The van der Waals surface area contributed by atoms with Crippen molar-refractivity contribution in [2.45, 2.75) is 70.2 Å². The number of carboxylic acids is 1. The van der Waals surface area contributed by atoms with E-state index in [0.717, 1.165) is 12.8 Å². The molecular formula is C18H30O5. The van der Waals surface area contributed by atoms with Crippen LogP contribution in [0.3, 0.4) is 0 Å². The molecule has 0 aliphatic heterocycles. The average molecular weight is 326 g/mol. The average Bonchev–Trinajstić information content (AvgIpc) is 2.77. The number of hydrogen-bond donors (Lipinski definition) is 4. The van der Waals surface area contributed by atoms with Crippen molar-refractivity contribution in [2.75, 3.05) is 0 Å². The molecule has 0 aromatic carbocycles. The number of rotatable bonds is 10. The van der Waals surface area contributed by atoms with Crippen LogP contribution >= 0.6 is 0 Å². The van der Waals surface area contributed by atoms with E-state index >= 15 is 0 Å². The first-order valence-electron chi connectivity index (χ1n) is 8.55. The van der Waals surface area contributed by atoms with E-state index in [4.69, 9.17) is 5.11 Å². The maximum Gasteiger partial charge on any atom is 0.303 e. The zero-order chi connectivity index (χ0) is 17.2. The summed E-state index contributed by atoms with van der Waals surface area (Å²) in [6.45, 7) is 1.89. The molecule has 0 saturated heterocycles. The molecular weight excluding hydrogens is 296 g/mol. The van der Waals surface area contributed by atoms with Gasteiger partial charge in [-0.05, 0) is 38.0 Å². The second-order valence-corrected chi connectivity index (χ2v) is 6.32. The number of carbonyl (C=O) groups is 1. The molecule has 1 saturated carbocycles. The Morgan fingerprint density at radius 2 is 1.96 bits per heavy atom. The number of unbranched alkanes of at least 4 members (excludes halogenated alkanes) is 2. The summed E-state index contributed by atoms with van der Waals surface area (Å²) >= 11 is 0. The van der Waals surface area contributed by atoms with Crippen LogP contribution in [0.4, 0.5) is 0 Å². The smallest absolute Gasteiger partial charge is 0.303 e. The first kappa shape index (κ1) is 19.9. The van der Waals surface area contributed by atoms with Crippen molar-refractivity contribution < 1.29 is 25.2 Å². The fraction of sp³-hybridized carbons (Fsp3) is 0.722. The highest BCUT2D eigenvalue weighted by molar-refractivity contribution is 5.66. The van der Waals surface area contributed by atoms with Gasteiger partial charge in [-0.25, -0.2) is 0 Å². The Kier molecular flexibility index (Phi) is 9.14. The van der Waals surface area contributed by atoms with Crippen LogP contribution in [0.2, 0.25) is 0 Å². The van der Waals surface area contributed by atoms with Crippen LogP contribution in [-0.2, 0) is 4.79 Å². The zero-order valence-electron chi connectivity index (χ0n) is 13.8. The van der Waals surface area contributed by atoms with Gasteiger partial charge in [0.2, 0.25) is 0 Å². The highest BCUT2D eigenvalue weighted by Crippen LogP contribution is 2.36. The summed E-state index contributed by atoms with van der Waals surface area (Å²) in [5, 5.41) is 38.3. The third kappa shape index (κ3) is 7.29. The van der Waals surface area contributed by atoms with E-state index in [1.165, 1.54) is 0 Å². The minimum atomic E-state index is -0.763. The molecule has 0 aromatic rings. The van der Waals surface area contributed by atoms with Crippen LogP contribution in [0.1, 0.15) is 51.9 Å². The predicted molar refractivity (Wildman–Crippen MR) is 88.9 cm³/mol. The number of aliphatic hydroxyl groups is 3. The largest absolute Gasteiger partial charge is 0.481 e. The molecule has 23 heavy (non-hydrogen) atoms. The van der Waals surface area contributed by atoms with Gasteiger partial charge in [-0.1, -0.05) is 31.2 Å². The van der Waals surface area contributed by atoms with Gasteiger partial charge < -0.3 is 20.4 Å². The van der Waals surface area contributed by atoms with Crippen LogP contribution in [0.25, 0.3) is 0 Å². The number of hydrogen-bond acceptors (Lipinski definition) is 4. The van der Waals surface area contributed by atoms with E-state index in [-0.39, 0.29) is 18.3 Å². The van der Waals surface area contributed by atoms with Gasteiger partial charge >= 0.3 is 5.97 Å². The Hall–Kier alpha value is -1.17. The molecule has 0 radical (unpaired) electrons. The molecule has 5 atom stereocenters. The predicted octanol–water partition coefficient (Wildman–Crippen LogP) is 2.26. The summed E-state index contributed by atoms with van der Waals surface area (Å²) in [7, 11) is 0. The quantitative estimate of drug-likeness (QED) is 0.365. The fourth-order valence-electron chi connectivity index (χ4n) is 3.01. The Morgan fingerprint density at radius 3 is 2.61 bits per heavy atom. The minimum Gasteiger partial charge on any atom is -0.481 e. The second kappa shape index (κ2) is 10.6. The first-order chi connectivity index (χ1) is 11.0. The van der Waals surface area contributed by atoms with Crippen molar-refractivity contribution in [3.8, 4) is 0 Å². The fourth-order valence-corrected chi connectivity index (χ4v) is 3.01. The summed E-state index contributed by atoms with van der Waals surface area (Å²) in [5.41, 5.74) is 0. The SMILES string of the molecule is CC[C@@H](O)/C=C/[C@@H]1[C@H](C/C=C\CCCCC(=O)O)[C@H](O)C[C@@H]1O. The first-order valence-corrected chi connectivity index (χ1v) is 8.55. The maximum absolute atomic E-state index is 10.4. The lowest BCUT2D eigenvalue weighted by Crippen LogP contribution is -2.20. The number of aliphatic hydroxyl groups excluding tert-OH is 3.